The van der Waals surface area contributed by atoms with Gasteiger partial charge in [-0.15, -0.1) is 11.3 Å². The second-order valence-corrected chi connectivity index (χ2v) is 6.73. The van der Waals surface area contributed by atoms with E-state index in [0.29, 0.717) is 54.5 Å². The van der Waals surface area contributed by atoms with Gasteiger partial charge in [-0.3, -0.25) is 4.79 Å². The van der Waals surface area contributed by atoms with E-state index in [1.54, 1.807) is 12.3 Å². The van der Waals surface area contributed by atoms with Crippen LogP contribution in [0.4, 0.5) is 5.95 Å². The van der Waals surface area contributed by atoms with E-state index >= 15 is 0 Å². The predicted molar refractivity (Wildman–Crippen MR) is 95.4 cm³/mol. The zero-order valence-electron chi connectivity index (χ0n) is 13.7. The third kappa shape index (κ3) is 3.47. The van der Waals surface area contributed by atoms with E-state index in [2.05, 4.69) is 14.9 Å². The lowest BCUT2D eigenvalue weighted by atomic mass is 10.2. The number of carbonyl (C=O) groups excluding carboxylic acids is 1. The van der Waals surface area contributed by atoms with E-state index in [1.165, 1.54) is 11.3 Å². The maximum Gasteiger partial charge on any atom is 0.265 e. The highest BCUT2D eigenvalue weighted by Crippen LogP contribution is 2.28. The van der Waals surface area contributed by atoms with Crippen molar-refractivity contribution in [2.24, 2.45) is 0 Å². The van der Waals surface area contributed by atoms with Gasteiger partial charge in [0.05, 0.1) is 11.6 Å². The van der Waals surface area contributed by atoms with Crippen LogP contribution >= 0.6 is 22.9 Å². The third-order valence-electron chi connectivity index (χ3n) is 3.85. The number of nitrogens with zero attached hydrogens (tertiary/aromatic N) is 4. The summed E-state index contributed by atoms with van der Waals surface area (Å²) in [5.41, 5.74) is 0.949. The second kappa shape index (κ2) is 7.36. The Bertz CT molecular complexity index is 729. The summed E-state index contributed by atoms with van der Waals surface area (Å²) in [6.07, 6.45) is 1.69. The standard InChI is InChI=1S/C16H19ClN4O2S/c1-3-23-12-4-5-18-16(19-12)21-8-6-20(7-9-21)15(22)14-13(17)11(2)10-24-14/h4-5,10H,3,6-9H2,1-2H3. The van der Waals surface area contributed by atoms with Gasteiger partial charge in [0.15, 0.2) is 0 Å². The molecule has 0 atom stereocenters. The number of anilines is 1. The number of carbonyl (C=O) groups is 1. The van der Waals surface area contributed by atoms with Crippen molar-refractivity contribution in [2.75, 3.05) is 37.7 Å². The van der Waals surface area contributed by atoms with Gasteiger partial charge in [0, 0.05) is 38.4 Å². The number of thiophene rings is 1. The number of aromatic nitrogens is 2. The molecule has 0 N–H and O–H groups in total. The van der Waals surface area contributed by atoms with E-state index in [-0.39, 0.29) is 5.91 Å². The molecule has 0 spiro atoms. The van der Waals surface area contributed by atoms with Crippen molar-refractivity contribution in [1.29, 1.82) is 0 Å². The van der Waals surface area contributed by atoms with Crippen LogP contribution in [0.15, 0.2) is 17.6 Å². The summed E-state index contributed by atoms with van der Waals surface area (Å²) in [6.45, 7) is 7.01. The summed E-state index contributed by atoms with van der Waals surface area (Å²) in [5.74, 6) is 1.21. The molecule has 1 amide bonds. The third-order valence-corrected chi connectivity index (χ3v) is 5.54. The lowest BCUT2D eigenvalue weighted by molar-refractivity contribution is 0.0751. The first kappa shape index (κ1) is 17.0. The molecule has 1 saturated heterocycles. The Morgan fingerprint density at radius 3 is 2.75 bits per heavy atom. The molecule has 1 aliphatic heterocycles. The summed E-state index contributed by atoms with van der Waals surface area (Å²) in [5, 5.41) is 2.49. The van der Waals surface area contributed by atoms with Crippen LogP contribution in [0.3, 0.4) is 0 Å². The Kier molecular flexibility index (Phi) is 5.20. The number of amides is 1. The second-order valence-electron chi connectivity index (χ2n) is 5.47. The number of rotatable bonds is 4. The SMILES string of the molecule is CCOc1ccnc(N2CCN(C(=O)c3scc(C)c3Cl)CC2)n1. The molecule has 0 saturated carbocycles. The Morgan fingerprint density at radius 1 is 1.38 bits per heavy atom. The molecular formula is C16H19ClN4O2S. The summed E-state index contributed by atoms with van der Waals surface area (Å²) in [4.78, 5) is 25.8. The average molecular weight is 367 g/mol. The largest absolute Gasteiger partial charge is 0.478 e. The molecule has 128 valence electrons. The van der Waals surface area contributed by atoms with Crippen LogP contribution < -0.4 is 9.64 Å². The van der Waals surface area contributed by atoms with Crippen molar-refractivity contribution >= 4 is 34.8 Å². The van der Waals surface area contributed by atoms with Crippen LogP contribution in [0.2, 0.25) is 5.02 Å². The first-order chi connectivity index (χ1) is 11.6. The molecule has 0 unspecified atom stereocenters. The van der Waals surface area contributed by atoms with E-state index in [4.69, 9.17) is 16.3 Å². The number of hydrogen-bond donors (Lipinski definition) is 0. The lowest BCUT2D eigenvalue weighted by Crippen LogP contribution is -2.49. The zero-order chi connectivity index (χ0) is 17.1. The molecule has 3 rings (SSSR count). The molecule has 0 aromatic carbocycles. The Hall–Kier alpha value is -1.86. The van der Waals surface area contributed by atoms with Crippen molar-refractivity contribution in [3.8, 4) is 5.88 Å². The van der Waals surface area contributed by atoms with E-state index in [1.807, 2.05) is 24.1 Å². The molecule has 0 aliphatic carbocycles. The van der Waals surface area contributed by atoms with Gasteiger partial charge in [-0.2, -0.15) is 4.98 Å². The maximum absolute atomic E-state index is 12.6. The van der Waals surface area contributed by atoms with Crippen molar-refractivity contribution in [3.63, 3.8) is 0 Å². The summed E-state index contributed by atoms with van der Waals surface area (Å²) in [7, 11) is 0. The number of aryl methyl sites for hydroxylation is 1. The Morgan fingerprint density at radius 2 is 2.12 bits per heavy atom. The lowest BCUT2D eigenvalue weighted by Gasteiger charge is -2.34. The normalized spacial score (nSPS) is 14.8. The molecule has 24 heavy (non-hydrogen) atoms. The van der Waals surface area contributed by atoms with Crippen molar-refractivity contribution in [1.82, 2.24) is 14.9 Å². The quantitative estimate of drug-likeness (QED) is 0.832. The molecule has 2 aromatic heterocycles. The molecule has 2 aromatic rings. The average Bonchev–Trinajstić information content (AvgIpc) is 2.94. The van der Waals surface area contributed by atoms with Crippen LogP contribution in [-0.2, 0) is 0 Å². The van der Waals surface area contributed by atoms with Crippen molar-refractivity contribution < 1.29 is 9.53 Å². The highest BCUT2D eigenvalue weighted by atomic mass is 35.5. The predicted octanol–water partition coefficient (Wildman–Crippen LogP) is 2.86. The van der Waals surface area contributed by atoms with E-state index in [0.717, 1.165) is 5.56 Å². The zero-order valence-corrected chi connectivity index (χ0v) is 15.2. The van der Waals surface area contributed by atoms with Crippen LogP contribution in [0.25, 0.3) is 0 Å². The highest BCUT2D eigenvalue weighted by Gasteiger charge is 2.26. The number of hydrogen-bond acceptors (Lipinski definition) is 6. The van der Waals surface area contributed by atoms with Gasteiger partial charge in [-0.1, -0.05) is 11.6 Å². The van der Waals surface area contributed by atoms with Crippen molar-refractivity contribution in [2.45, 2.75) is 13.8 Å². The first-order valence-electron chi connectivity index (χ1n) is 7.83. The highest BCUT2D eigenvalue weighted by molar-refractivity contribution is 7.13. The molecule has 6 nitrogen and oxygen atoms in total. The Balaban J connectivity index is 1.64. The topological polar surface area (TPSA) is 58.6 Å². The molecule has 1 fully saturated rings. The molecule has 8 heteroatoms. The minimum Gasteiger partial charge on any atom is -0.478 e. The van der Waals surface area contributed by atoms with Crippen LogP contribution in [0, 0.1) is 6.92 Å². The van der Waals surface area contributed by atoms with Gasteiger partial charge in [-0.05, 0) is 24.8 Å². The minimum absolute atomic E-state index is 0.00161. The molecule has 3 heterocycles. The van der Waals surface area contributed by atoms with Gasteiger partial charge in [-0.25, -0.2) is 4.98 Å². The smallest absolute Gasteiger partial charge is 0.265 e. The monoisotopic (exact) mass is 366 g/mol. The van der Waals surface area contributed by atoms with Gasteiger partial charge in [0.1, 0.15) is 4.88 Å². The van der Waals surface area contributed by atoms with E-state index < -0.39 is 0 Å². The van der Waals surface area contributed by atoms with Crippen LogP contribution in [0.1, 0.15) is 22.2 Å². The maximum atomic E-state index is 12.6. The number of piperazine rings is 1. The first-order valence-corrected chi connectivity index (χ1v) is 9.09. The fraction of sp³-hybridized carbons (Fsp3) is 0.438. The summed E-state index contributed by atoms with van der Waals surface area (Å²) < 4.78 is 5.41. The van der Waals surface area contributed by atoms with Crippen LogP contribution in [-0.4, -0.2) is 53.6 Å². The van der Waals surface area contributed by atoms with Gasteiger partial charge >= 0.3 is 0 Å². The van der Waals surface area contributed by atoms with Crippen LogP contribution in [0.5, 0.6) is 5.88 Å². The number of ether oxygens (including phenoxy) is 1. The Labute approximate surface area is 150 Å². The van der Waals surface area contributed by atoms with Gasteiger partial charge < -0.3 is 14.5 Å². The van der Waals surface area contributed by atoms with Gasteiger partial charge in [0.25, 0.3) is 5.91 Å². The summed E-state index contributed by atoms with van der Waals surface area (Å²) in [6, 6.07) is 1.74. The molecule has 1 aliphatic rings. The molecule has 0 bridgehead atoms. The molecular weight excluding hydrogens is 348 g/mol. The fourth-order valence-electron chi connectivity index (χ4n) is 2.54. The minimum atomic E-state index is 0.00161. The van der Waals surface area contributed by atoms with E-state index in [9.17, 15) is 4.79 Å². The summed E-state index contributed by atoms with van der Waals surface area (Å²) >= 11 is 7.62. The van der Waals surface area contributed by atoms with Crippen molar-refractivity contribution in [3.05, 3.63) is 33.1 Å². The number of halogens is 1. The molecule has 0 radical (unpaired) electrons. The fourth-order valence-corrected chi connectivity index (χ4v) is 3.78. The van der Waals surface area contributed by atoms with Gasteiger partial charge in [0.2, 0.25) is 11.8 Å².